The minimum absolute atomic E-state index is 0.0191. The number of carboxylic acids is 1. The third kappa shape index (κ3) is 1.59. The van der Waals surface area contributed by atoms with Gasteiger partial charge in [-0.2, -0.15) is 0 Å². The first-order valence-electron chi connectivity index (χ1n) is 8.21. The molecule has 0 bridgehead atoms. The summed E-state index contributed by atoms with van der Waals surface area (Å²) < 4.78 is 0. The van der Waals surface area contributed by atoms with Crippen molar-refractivity contribution in [3.63, 3.8) is 0 Å². The molecule has 1 N–H and O–H groups in total. The van der Waals surface area contributed by atoms with E-state index in [1.807, 2.05) is 0 Å². The highest BCUT2D eigenvalue weighted by Crippen LogP contribution is 2.48. The largest absolute Gasteiger partial charge is 0.481 e. The van der Waals surface area contributed by atoms with Crippen molar-refractivity contribution >= 4 is 5.97 Å². The molecule has 0 aromatic heterocycles. The van der Waals surface area contributed by atoms with E-state index in [1.165, 1.54) is 19.5 Å². The molecule has 6 heteroatoms. The molecule has 21 heavy (non-hydrogen) atoms. The van der Waals surface area contributed by atoms with E-state index in [9.17, 15) is 9.90 Å². The number of aliphatic carboxylic acids is 1. The second-order valence-corrected chi connectivity index (χ2v) is 7.30. The van der Waals surface area contributed by atoms with Gasteiger partial charge in [-0.1, -0.05) is 0 Å². The lowest BCUT2D eigenvalue weighted by Gasteiger charge is -2.73. The van der Waals surface area contributed by atoms with Crippen LogP contribution in [0.2, 0.25) is 0 Å². The fourth-order valence-electron chi connectivity index (χ4n) is 5.35. The SMILES string of the molecule is CC12N3CCCN1CCN1CC(C(=O)O)CN(CC3)C12C. The Morgan fingerprint density at radius 3 is 1.76 bits per heavy atom. The summed E-state index contributed by atoms with van der Waals surface area (Å²) in [6, 6.07) is 0. The van der Waals surface area contributed by atoms with Gasteiger partial charge in [-0.25, -0.2) is 0 Å². The first-order valence-corrected chi connectivity index (χ1v) is 8.21. The Bertz CT molecular complexity index is 443. The van der Waals surface area contributed by atoms with E-state index in [-0.39, 0.29) is 17.2 Å². The van der Waals surface area contributed by atoms with Crippen molar-refractivity contribution in [3.05, 3.63) is 0 Å². The highest BCUT2D eigenvalue weighted by Gasteiger charge is 2.65. The van der Waals surface area contributed by atoms with Crippen LogP contribution >= 0.6 is 0 Å². The lowest BCUT2D eigenvalue weighted by atomic mass is 9.78. The zero-order chi connectivity index (χ0) is 14.8. The number of carbonyl (C=O) groups is 1. The van der Waals surface area contributed by atoms with Gasteiger partial charge in [0, 0.05) is 52.4 Å². The van der Waals surface area contributed by atoms with Crippen LogP contribution in [-0.2, 0) is 4.79 Å². The summed E-state index contributed by atoms with van der Waals surface area (Å²) in [5, 5.41) is 9.46. The number of hydrogen-bond acceptors (Lipinski definition) is 5. The van der Waals surface area contributed by atoms with Gasteiger partial charge in [-0.3, -0.25) is 24.4 Å². The molecule has 4 saturated heterocycles. The predicted octanol–water partition coefficient (Wildman–Crippen LogP) is -0.228. The molecular weight excluding hydrogens is 268 g/mol. The lowest BCUT2D eigenvalue weighted by molar-refractivity contribution is -0.291. The van der Waals surface area contributed by atoms with Crippen molar-refractivity contribution in [1.29, 1.82) is 0 Å². The van der Waals surface area contributed by atoms with Gasteiger partial charge in [0.2, 0.25) is 0 Å². The fourth-order valence-corrected chi connectivity index (χ4v) is 5.35. The normalized spacial score (nSPS) is 45.3. The molecule has 0 radical (unpaired) electrons. The number of hydrogen-bond donors (Lipinski definition) is 1. The van der Waals surface area contributed by atoms with Crippen LogP contribution in [0.25, 0.3) is 0 Å². The summed E-state index contributed by atoms with van der Waals surface area (Å²) in [5.74, 6) is -0.890. The van der Waals surface area contributed by atoms with Crippen LogP contribution in [-0.4, -0.2) is 94.4 Å². The molecule has 6 nitrogen and oxygen atoms in total. The zero-order valence-electron chi connectivity index (χ0n) is 13.1. The van der Waals surface area contributed by atoms with Gasteiger partial charge >= 0.3 is 5.97 Å². The summed E-state index contributed by atoms with van der Waals surface area (Å²) >= 11 is 0. The van der Waals surface area contributed by atoms with Crippen molar-refractivity contribution in [2.45, 2.75) is 31.6 Å². The average Bonchev–Trinajstić information content (AvgIpc) is 2.45. The molecule has 0 aromatic carbocycles. The summed E-state index contributed by atoms with van der Waals surface area (Å²) in [6.45, 7) is 12.5. The monoisotopic (exact) mass is 294 g/mol. The maximum Gasteiger partial charge on any atom is 0.309 e. The molecule has 4 aliphatic heterocycles. The maximum atomic E-state index is 11.5. The van der Waals surface area contributed by atoms with Crippen molar-refractivity contribution in [1.82, 2.24) is 19.6 Å². The second kappa shape index (κ2) is 4.41. The van der Waals surface area contributed by atoms with E-state index in [4.69, 9.17) is 0 Å². The molecule has 4 aliphatic rings. The van der Waals surface area contributed by atoms with E-state index < -0.39 is 5.97 Å². The number of piperazine rings is 2. The van der Waals surface area contributed by atoms with Gasteiger partial charge in [-0.15, -0.1) is 0 Å². The summed E-state index contributed by atoms with van der Waals surface area (Å²) in [6.07, 6.45) is 1.25. The topological polar surface area (TPSA) is 50.3 Å². The van der Waals surface area contributed by atoms with Crippen LogP contribution in [0.15, 0.2) is 0 Å². The van der Waals surface area contributed by atoms with Gasteiger partial charge in [0.05, 0.1) is 5.92 Å². The Morgan fingerprint density at radius 2 is 1.29 bits per heavy atom. The predicted molar refractivity (Wildman–Crippen MR) is 78.8 cm³/mol. The van der Waals surface area contributed by atoms with Gasteiger partial charge in [0.25, 0.3) is 0 Å². The van der Waals surface area contributed by atoms with Crippen LogP contribution in [0, 0.1) is 5.92 Å². The first-order chi connectivity index (χ1) is 9.98. The molecule has 0 unspecified atom stereocenters. The average molecular weight is 294 g/mol. The Balaban J connectivity index is 1.76. The smallest absolute Gasteiger partial charge is 0.309 e. The molecule has 0 saturated carbocycles. The van der Waals surface area contributed by atoms with Gasteiger partial charge < -0.3 is 5.11 Å². The first kappa shape index (κ1) is 13.9. The molecule has 118 valence electrons. The Morgan fingerprint density at radius 1 is 0.857 bits per heavy atom. The van der Waals surface area contributed by atoms with Crippen molar-refractivity contribution in [2.75, 3.05) is 52.4 Å². The minimum Gasteiger partial charge on any atom is -0.481 e. The minimum atomic E-state index is -0.643. The Labute approximate surface area is 126 Å². The molecule has 4 fully saturated rings. The quantitative estimate of drug-likeness (QED) is 0.721. The van der Waals surface area contributed by atoms with Crippen LogP contribution in [0.3, 0.4) is 0 Å². The zero-order valence-corrected chi connectivity index (χ0v) is 13.1. The third-order valence-corrected chi connectivity index (χ3v) is 6.73. The van der Waals surface area contributed by atoms with Gasteiger partial charge in [0.1, 0.15) is 11.3 Å². The van der Waals surface area contributed by atoms with E-state index in [1.54, 1.807) is 0 Å². The van der Waals surface area contributed by atoms with E-state index >= 15 is 0 Å². The van der Waals surface area contributed by atoms with Crippen molar-refractivity contribution < 1.29 is 9.90 Å². The molecular formula is C15H26N4O2. The van der Waals surface area contributed by atoms with Crippen LogP contribution in [0.5, 0.6) is 0 Å². The lowest BCUT2D eigenvalue weighted by Crippen LogP contribution is -2.89. The molecule has 0 atom stereocenters. The van der Waals surface area contributed by atoms with Crippen LogP contribution < -0.4 is 0 Å². The highest BCUT2D eigenvalue weighted by molar-refractivity contribution is 5.70. The molecule has 0 aromatic rings. The Kier molecular flexibility index (Phi) is 2.93. The van der Waals surface area contributed by atoms with Crippen molar-refractivity contribution in [2.24, 2.45) is 5.92 Å². The molecule has 0 amide bonds. The van der Waals surface area contributed by atoms with Gasteiger partial charge in [0.15, 0.2) is 0 Å². The van der Waals surface area contributed by atoms with E-state index in [0.29, 0.717) is 13.1 Å². The van der Waals surface area contributed by atoms with E-state index in [0.717, 1.165) is 26.2 Å². The molecule has 0 aliphatic carbocycles. The fraction of sp³-hybridized carbons (Fsp3) is 0.933. The highest BCUT2D eigenvalue weighted by atomic mass is 16.4. The summed E-state index contributed by atoms with van der Waals surface area (Å²) in [5.41, 5.74) is -0.0406. The van der Waals surface area contributed by atoms with E-state index in [2.05, 4.69) is 33.4 Å². The van der Waals surface area contributed by atoms with Gasteiger partial charge in [-0.05, 0) is 20.3 Å². The van der Waals surface area contributed by atoms with Crippen LogP contribution in [0.4, 0.5) is 0 Å². The summed E-state index contributed by atoms with van der Waals surface area (Å²) in [7, 11) is 0. The molecule has 4 heterocycles. The second-order valence-electron chi connectivity index (χ2n) is 7.30. The number of nitrogens with zero attached hydrogens (tertiary/aromatic N) is 4. The number of rotatable bonds is 1. The standard InChI is InChI=1S/C15H26N4O2/c1-14-15(2)18-8-6-16(14)4-3-5-17(14)7-9-19(15)11-12(10-18)13(20)21/h12H,3-11H2,1-2H3,(H,20,21). The maximum absolute atomic E-state index is 11.5. The third-order valence-electron chi connectivity index (χ3n) is 6.73. The van der Waals surface area contributed by atoms with Crippen LogP contribution in [0.1, 0.15) is 20.3 Å². The molecule has 0 spiro atoms. The summed E-state index contributed by atoms with van der Waals surface area (Å²) in [4.78, 5) is 21.7. The Hall–Kier alpha value is -0.690. The van der Waals surface area contributed by atoms with Crippen molar-refractivity contribution in [3.8, 4) is 0 Å². The molecule has 4 rings (SSSR count). The number of carboxylic acid groups (broad SMARTS) is 1.